The fourth-order valence-electron chi connectivity index (χ4n) is 3.54. The Morgan fingerprint density at radius 2 is 1.91 bits per heavy atom. The first kappa shape index (κ1) is 15.8. The molecule has 1 aromatic heterocycles. The second-order valence-corrected chi connectivity index (χ2v) is 6.96. The van der Waals surface area contributed by atoms with E-state index in [2.05, 4.69) is 5.16 Å². The number of carbonyl (C=O) groups is 2. The zero-order valence-corrected chi connectivity index (χ0v) is 14.1. The molecular formula is C16H23N3O4. The van der Waals surface area contributed by atoms with E-state index in [0.29, 0.717) is 36.7 Å². The van der Waals surface area contributed by atoms with Gasteiger partial charge in [-0.3, -0.25) is 9.69 Å². The van der Waals surface area contributed by atoms with Gasteiger partial charge in [-0.05, 0) is 40.5 Å². The van der Waals surface area contributed by atoms with Gasteiger partial charge in [0, 0.05) is 19.1 Å². The molecule has 0 saturated carbocycles. The van der Waals surface area contributed by atoms with Gasteiger partial charge in [-0.2, -0.15) is 0 Å². The van der Waals surface area contributed by atoms with E-state index >= 15 is 0 Å². The second-order valence-electron chi connectivity index (χ2n) is 6.96. The predicted molar refractivity (Wildman–Crippen MR) is 82.2 cm³/mol. The molecule has 0 aromatic carbocycles. The van der Waals surface area contributed by atoms with Crippen molar-refractivity contribution in [1.29, 1.82) is 0 Å². The molecule has 0 radical (unpaired) electrons. The highest BCUT2D eigenvalue weighted by atomic mass is 16.6. The maximum atomic E-state index is 12.6. The fourth-order valence-corrected chi connectivity index (χ4v) is 3.54. The molecule has 7 heteroatoms. The highest BCUT2D eigenvalue weighted by molar-refractivity contribution is 5.96. The van der Waals surface area contributed by atoms with Gasteiger partial charge in [0.05, 0.1) is 11.2 Å². The molecule has 2 amide bonds. The van der Waals surface area contributed by atoms with Gasteiger partial charge < -0.3 is 14.2 Å². The average molecular weight is 321 g/mol. The molecule has 0 bridgehead atoms. The fraction of sp³-hybridized carbons (Fsp3) is 0.688. The zero-order chi connectivity index (χ0) is 16.8. The van der Waals surface area contributed by atoms with E-state index in [4.69, 9.17) is 9.26 Å². The van der Waals surface area contributed by atoms with E-state index in [-0.39, 0.29) is 23.6 Å². The van der Waals surface area contributed by atoms with Crippen molar-refractivity contribution < 1.29 is 18.8 Å². The summed E-state index contributed by atoms with van der Waals surface area (Å²) in [6.07, 6.45) is 1.27. The topological polar surface area (TPSA) is 75.9 Å². The maximum absolute atomic E-state index is 12.6. The Balaban J connectivity index is 1.67. The first-order valence-electron chi connectivity index (χ1n) is 7.99. The van der Waals surface area contributed by atoms with Crippen LogP contribution < -0.4 is 0 Å². The summed E-state index contributed by atoms with van der Waals surface area (Å²) in [5, 5.41) is 3.85. The lowest BCUT2D eigenvalue weighted by molar-refractivity contribution is 0.0587. The summed E-state index contributed by atoms with van der Waals surface area (Å²) < 4.78 is 10.3. The number of likely N-dealkylation sites (tertiary alicyclic amines) is 1. The Kier molecular flexibility index (Phi) is 3.82. The van der Waals surface area contributed by atoms with Crippen LogP contribution in [0.1, 0.15) is 48.5 Å². The minimum Gasteiger partial charge on any atom is -0.447 e. The third-order valence-electron chi connectivity index (χ3n) is 4.76. The second kappa shape index (κ2) is 5.54. The lowest BCUT2D eigenvalue weighted by atomic mass is 9.96. The van der Waals surface area contributed by atoms with Crippen LogP contribution in [0.15, 0.2) is 4.52 Å². The van der Waals surface area contributed by atoms with E-state index in [0.717, 1.165) is 12.8 Å². The molecule has 2 aliphatic rings. The van der Waals surface area contributed by atoms with Gasteiger partial charge in [0.2, 0.25) is 0 Å². The third kappa shape index (κ3) is 2.68. The number of piperidine rings is 1. The number of rotatable bonds is 2. The van der Waals surface area contributed by atoms with Crippen LogP contribution in [-0.2, 0) is 4.74 Å². The number of aryl methyl sites for hydroxylation is 2. The van der Waals surface area contributed by atoms with Crippen molar-refractivity contribution in [2.24, 2.45) is 0 Å². The van der Waals surface area contributed by atoms with Crippen molar-refractivity contribution in [2.45, 2.75) is 52.1 Å². The van der Waals surface area contributed by atoms with Gasteiger partial charge in [-0.25, -0.2) is 4.79 Å². The molecule has 2 fully saturated rings. The van der Waals surface area contributed by atoms with Crippen LogP contribution in [0.3, 0.4) is 0 Å². The van der Waals surface area contributed by atoms with Crippen molar-refractivity contribution in [3.05, 3.63) is 17.0 Å². The summed E-state index contributed by atoms with van der Waals surface area (Å²) >= 11 is 0. The summed E-state index contributed by atoms with van der Waals surface area (Å²) in [5.74, 6) is 0.516. The zero-order valence-electron chi connectivity index (χ0n) is 14.1. The van der Waals surface area contributed by atoms with Crippen LogP contribution in [0, 0.1) is 13.8 Å². The van der Waals surface area contributed by atoms with E-state index < -0.39 is 0 Å². The molecule has 0 spiro atoms. The molecule has 1 aromatic rings. The van der Waals surface area contributed by atoms with Crippen LogP contribution in [0.25, 0.3) is 0 Å². The molecular weight excluding hydrogens is 298 g/mol. The highest BCUT2D eigenvalue weighted by Crippen LogP contribution is 2.31. The van der Waals surface area contributed by atoms with E-state index in [1.807, 2.05) is 23.6 Å². The molecule has 3 rings (SSSR count). The summed E-state index contributed by atoms with van der Waals surface area (Å²) in [6.45, 7) is 9.21. The Hall–Kier alpha value is -2.05. The standard InChI is InChI=1S/C16H23N3O4/c1-10-13(11(2)23-17-10)14(20)18-7-5-12(6-8-18)19-15(21)22-9-16(19,3)4/h12H,5-9H2,1-4H3. The van der Waals surface area contributed by atoms with Crippen molar-refractivity contribution in [2.75, 3.05) is 19.7 Å². The number of carbonyl (C=O) groups excluding carboxylic acids is 2. The quantitative estimate of drug-likeness (QED) is 0.834. The molecule has 0 atom stereocenters. The molecule has 2 aliphatic heterocycles. The molecule has 0 N–H and O–H groups in total. The Labute approximate surface area is 135 Å². The SMILES string of the molecule is Cc1noc(C)c1C(=O)N1CCC(N2C(=O)OCC2(C)C)CC1. The van der Waals surface area contributed by atoms with Crippen LogP contribution in [-0.4, -0.2) is 58.2 Å². The smallest absolute Gasteiger partial charge is 0.410 e. The van der Waals surface area contributed by atoms with Crippen LogP contribution in [0.2, 0.25) is 0 Å². The molecule has 0 aliphatic carbocycles. The number of hydrogen-bond acceptors (Lipinski definition) is 5. The lowest BCUT2D eigenvalue weighted by Crippen LogP contribution is -2.53. The van der Waals surface area contributed by atoms with Gasteiger partial charge >= 0.3 is 6.09 Å². The van der Waals surface area contributed by atoms with E-state index in [1.165, 1.54) is 0 Å². The van der Waals surface area contributed by atoms with Crippen LogP contribution in [0.5, 0.6) is 0 Å². The monoisotopic (exact) mass is 321 g/mol. The number of hydrogen-bond donors (Lipinski definition) is 0. The van der Waals surface area contributed by atoms with E-state index in [1.54, 1.807) is 13.8 Å². The van der Waals surface area contributed by atoms with Crippen molar-refractivity contribution in [1.82, 2.24) is 15.0 Å². The maximum Gasteiger partial charge on any atom is 0.410 e. The van der Waals surface area contributed by atoms with Crippen molar-refractivity contribution in [3.63, 3.8) is 0 Å². The van der Waals surface area contributed by atoms with Crippen molar-refractivity contribution in [3.8, 4) is 0 Å². The minimum atomic E-state index is -0.282. The Morgan fingerprint density at radius 1 is 1.26 bits per heavy atom. The molecule has 7 nitrogen and oxygen atoms in total. The normalized spacial score (nSPS) is 21.7. The number of ether oxygens (including phenoxy) is 1. The minimum absolute atomic E-state index is 0.0389. The van der Waals surface area contributed by atoms with Gasteiger partial charge in [-0.1, -0.05) is 5.16 Å². The molecule has 126 valence electrons. The third-order valence-corrected chi connectivity index (χ3v) is 4.76. The number of nitrogens with zero attached hydrogens (tertiary/aromatic N) is 3. The number of cyclic esters (lactones) is 1. The first-order valence-corrected chi connectivity index (χ1v) is 7.99. The molecule has 23 heavy (non-hydrogen) atoms. The van der Waals surface area contributed by atoms with Crippen molar-refractivity contribution >= 4 is 12.0 Å². The van der Waals surface area contributed by atoms with Gasteiger partial charge in [-0.15, -0.1) is 0 Å². The average Bonchev–Trinajstić information content (AvgIpc) is 2.98. The molecule has 3 heterocycles. The van der Waals surface area contributed by atoms with E-state index in [9.17, 15) is 9.59 Å². The van der Waals surface area contributed by atoms with Crippen LogP contribution in [0.4, 0.5) is 4.79 Å². The first-order chi connectivity index (χ1) is 10.8. The molecule has 2 saturated heterocycles. The largest absolute Gasteiger partial charge is 0.447 e. The number of aromatic nitrogens is 1. The predicted octanol–water partition coefficient (Wildman–Crippen LogP) is 2.13. The Bertz CT molecular complexity index is 610. The Morgan fingerprint density at radius 3 is 2.39 bits per heavy atom. The van der Waals surface area contributed by atoms with Gasteiger partial charge in [0.1, 0.15) is 17.9 Å². The summed E-state index contributed by atoms with van der Waals surface area (Å²) in [4.78, 5) is 28.3. The summed E-state index contributed by atoms with van der Waals surface area (Å²) in [5.41, 5.74) is 0.901. The highest BCUT2D eigenvalue weighted by Gasteiger charge is 2.45. The van der Waals surface area contributed by atoms with Gasteiger partial charge in [0.15, 0.2) is 0 Å². The number of amides is 2. The molecule has 0 unspecified atom stereocenters. The van der Waals surface area contributed by atoms with Crippen LogP contribution >= 0.6 is 0 Å². The van der Waals surface area contributed by atoms with Gasteiger partial charge in [0.25, 0.3) is 5.91 Å². The summed E-state index contributed by atoms with van der Waals surface area (Å²) in [6, 6.07) is 0.119. The summed E-state index contributed by atoms with van der Waals surface area (Å²) in [7, 11) is 0. The lowest BCUT2D eigenvalue weighted by Gasteiger charge is -2.40.